The summed E-state index contributed by atoms with van der Waals surface area (Å²) in [4.78, 5) is 26.5. The summed E-state index contributed by atoms with van der Waals surface area (Å²) in [5.41, 5.74) is 0.703. The number of piperidine rings is 1. The predicted octanol–water partition coefficient (Wildman–Crippen LogP) is 6.27. The van der Waals surface area contributed by atoms with Gasteiger partial charge >= 0.3 is 12.1 Å². The summed E-state index contributed by atoms with van der Waals surface area (Å²) < 4.78 is 11.0. The van der Waals surface area contributed by atoms with Gasteiger partial charge < -0.3 is 9.47 Å². The Balaban J connectivity index is 1.86. The van der Waals surface area contributed by atoms with Crippen LogP contribution < -0.4 is 0 Å². The van der Waals surface area contributed by atoms with Crippen LogP contribution in [0.2, 0.25) is 0 Å². The van der Waals surface area contributed by atoms with Gasteiger partial charge in [0.05, 0.1) is 6.04 Å². The van der Waals surface area contributed by atoms with Gasteiger partial charge in [-0.15, -0.1) is 0 Å². The molecular weight excluding hydrogens is 390 g/mol. The highest BCUT2D eigenvalue weighted by Crippen LogP contribution is 2.26. The minimum atomic E-state index is -0.510. The van der Waals surface area contributed by atoms with Crippen molar-refractivity contribution in [2.24, 2.45) is 0 Å². The van der Waals surface area contributed by atoms with E-state index in [1.54, 1.807) is 0 Å². The second kappa shape index (κ2) is 11.9. The molecule has 1 aliphatic heterocycles. The van der Waals surface area contributed by atoms with Crippen LogP contribution in [0.25, 0.3) is 0 Å². The van der Waals surface area contributed by atoms with E-state index in [1.165, 1.54) is 24.5 Å². The Labute approximate surface area is 187 Å². The third-order valence-corrected chi connectivity index (χ3v) is 5.45. The van der Waals surface area contributed by atoms with Crippen LogP contribution in [-0.2, 0) is 14.3 Å². The summed E-state index contributed by atoms with van der Waals surface area (Å²) in [6, 6.07) is 0.154. The van der Waals surface area contributed by atoms with Crippen LogP contribution in [0.15, 0.2) is 48.1 Å². The van der Waals surface area contributed by atoms with E-state index in [1.807, 2.05) is 63.0 Å². The molecule has 172 valence electrons. The fraction of sp³-hybridized carbons (Fsp3) is 0.615. The molecule has 0 spiro atoms. The molecule has 2 rings (SSSR count). The lowest BCUT2D eigenvalue weighted by molar-refractivity contribution is -0.140. The Hall–Kier alpha value is -2.30. The molecule has 0 aromatic rings. The minimum Gasteiger partial charge on any atom is -0.455 e. The van der Waals surface area contributed by atoms with Gasteiger partial charge in [0.2, 0.25) is 0 Å². The maximum absolute atomic E-state index is 12.7. The lowest BCUT2D eigenvalue weighted by Gasteiger charge is -2.40. The standard InChI is InChI=1S/C26H39NO4/c1-20-12-11-17-23(27(20)25(29)31-26(3,4)5)16-10-9-13-21(2)30-24(28)19-18-22-14-7-6-8-15-22/h9-10,13-14,16,18-21,23H,6-8,11-12,15,17H2,1-5H3/b13-9+,16-10+,19-18+/t20-,21-,23+/m0/s1. The zero-order valence-electron chi connectivity index (χ0n) is 19.8. The van der Waals surface area contributed by atoms with E-state index in [2.05, 4.69) is 13.0 Å². The van der Waals surface area contributed by atoms with Crippen LogP contribution >= 0.6 is 0 Å². The van der Waals surface area contributed by atoms with Crippen molar-refractivity contribution >= 4 is 12.1 Å². The Morgan fingerprint density at radius 2 is 1.94 bits per heavy atom. The molecule has 1 amide bonds. The van der Waals surface area contributed by atoms with Gasteiger partial charge in [0.25, 0.3) is 0 Å². The van der Waals surface area contributed by atoms with E-state index in [4.69, 9.17) is 9.47 Å². The first-order valence-corrected chi connectivity index (χ1v) is 11.6. The molecular formula is C26H39NO4. The van der Waals surface area contributed by atoms with Crippen LogP contribution in [-0.4, -0.2) is 40.8 Å². The topological polar surface area (TPSA) is 55.8 Å². The predicted molar refractivity (Wildman–Crippen MR) is 125 cm³/mol. The molecule has 3 atom stereocenters. The monoisotopic (exact) mass is 429 g/mol. The molecule has 5 heteroatoms. The lowest BCUT2D eigenvalue weighted by Crippen LogP contribution is -2.49. The van der Waals surface area contributed by atoms with Gasteiger partial charge in [-0.05, 0) is 85.6 Å². The second-order valence-electron chi connectivity index (χ2n) is 9.50. The van der Waals surface area contributed by atoms with Crippen molar-refractivity contribution in [3.8, 4) is 0 Å². The van der Waals surface area contributed by atoms with Crippen LogP contribution in [0.5, 0.6) is 0 Å². The number of nitrogens with zero attached hydrogens (tertiary/aromatic N) is 1. The number of carbonyl (C=O) groups is 2. The molecule has 1 saturated heterocycles. The number of amides is 1. The molecule has 1 fully saturated rings. The molecule has 0 N–H and O–H groups in total. The summed E-state index contributed by atoms with van der Waals surface area (Å²) in [5, 5.41) is 0. The summed E-state index contributed by atoms with van der Waals surface area (Å²) in [6.45, 7) is 9.56. The van der Waals surface area contributed by atoms with Crippen molar-refractivity contribution < 1.29 is 19.1 Å². The molecule has 0 unspecified atom stereocenters. The highest BCUT2D eigenvalue weighted by Gasteiger charge is 2.33. The molecule has 0 radical (unpaired) electrons. The fourth-order valence-electron chi connectivity index (χ4n) is 3.91. The number of hydrogen-bond donors (Lipinski definition) is 0. The summed E-state index contributed by atoms with van der Waals surface area (Å²) >= 11 is 0. The Morgan fingerprint density at radius 3 is 2.61 bits per heavy atom. The number of hydrogen-bond acceptors (Lipinski definition) is 4. The quantitative estimate of drug-likeness (QED) is 0.284. The van der Waals surface area contributed by atoms with E-state index in [9.17, 15) is 9.59 Å². The largest absolute Gasteiger partial charge is 0.455 e. The minimum absolute atomic E-state index is 0.00723. The SMILES string of the molecule is C[C@@H](/C=C/C=C/[C@@H]1CCC[C@H](C)N1C(=O)OC(C)(C)C)OC(=O)/C=C/C1=CCCCC1. The third kappa shape index (κ3) is 9.16. The van der Waals surface area contributed by atoms with Gasteiger partial charge in [-0.25, -0.2) is 9.59 Å². The first kappa shape index (κ1) is 25.0. The first-order chi connectivity index (χ1) is 14.7. The van der Waals surface area contributed by atoms with Gasteiger partial charge in [0.1, 0.15) is 11.7 Å². The molecule has 1 heterocycles. The molecule has 2 aliphatic rings. The molecule has 5 nitrogen and oxygen atoms in total. The van der Waals surface area contributed by atoms with Gasteiger partial charge in [-0.3, -0.25) is 4.90 Å². The molecule has 0 aromatic heterocycles. The van der Waals surface area contributed by atoms with Gasteiger partial charge in [0.15, 0.2) is 0 Å². The zero-order chi connectivity index (χ0) is 22.9. The highest BCUT2D eigenvalue weighted by molar-refractivity contribution is 5.82. The van der Waals surface area contributed by atoms with Crippen molar-refractivity contribution in [2.75, 3.05) is 0 Å². The molecule has 1 aliphatic carbocycles. The first-order valence-electron chi connectivity index (χ1n) is 11.6. The number of carbonyl (C=O) groups excluding carboxylic acids is 2. The summed E-state index contributed by atoms with van der Waals surface area (Å²) in [7, 11) is 0. The van der Waals surface area contributed by atoms with Gasteiger partial charge in [0, 0.05) is 12.1 Å². The summed E-state index contributed by atoms with van der Waals surface area (Å²) in [6.07, 6.45) is 20.2. The van der Waals surface area contributed by atoms with Gasteiger partial charge in [-0.2, -0.15) is 0 Å². The Bertz CT molecular complexity index is 726. The van der Waals surface area contributed by atoms with Crippen molar-refractivity contribution in [1.82, 2.24) is 4.90 Å². The Kier molecular flexibility index (Phi) is 9.60. The van der Waals surface area contributed by atoms with E-state index < -0.39 is 5.60 Å². The highest BCUT2D eigenvalue weighted by atomic mass is 16.6. The van der Waals surface area contributed by atoms with E-state index >= 15 is 0 Å². The normalized spacial score (nSPS) is 23.9. The van der Waals surface area contributed by atoms with Crippen molar-refractivity contribution in [3.05, 3.63) is 48.1 Å². The van der Waals surface area contributed by atoms with Crippen molar-refractivity contribution in [3.63, 3.8) is 0 Å². The molecule has 0 bridgehead atoms. The van der Waals surface area contributed by atoms with Crippen LogP contribution in [0.1, 0.15) is 79.6 Å². The van der Waals surface area contributed by atoms with Crippen molar-refractivity contribution in [1.29, 1.82) is 0 Å². The molecule has 0 saturated carbocycles. The van der Waals surface area contributed by atoms with Crippen LogP contribution in [0.4, 0.5) is 4.79 Å². The van der Waals surface area contributed by atoms with Crippen LogP contribution in [0.3, 0.4) is 0 Å². The average Bonchev–Trinajstić information content (AvgIpc) is 2.69. The van der Waals surface area contributed by atoms with E-state index in [-0.39, 0.29) is 30.3 Å². The van der Waals surface area contributed by atoms with E-state index in [0.29, 0.717) is 0 Å². The number of likely N-dealkylation sites (tertiary alicyclic amines) is 1. The van der Waals surface area contributed by atoms with Gasteiger partial charge in [-0.1, -0.05) is 36.0 Å². The second-order valence-corrected chi connectivity index (χ2v) is 9.50. The third-order valence-electron chi connectivity index (χ3n) is 5.45. The average molecular weight is 430 g/mol. The Morgan fingerprint density at radius 1 is 1.16 bits per heavy atom. The number of allylic oxidation sites excluding steroid dienone is 5. The van der Waals surface area contributed by atoms with Crippen molar-refractivity contribution in [2.45, 2.75) is 103 Å². The van der Waals surface area contributed by atoms with E-state index in [0.717, 1.165) is 32.1 Å². The summed E-state index contributed by atoms with van der Waals surface area (Å²) in [5.74, 6) is -0.329. The number of rotatable bonds is 6. The fourth-order valence-corrected chi connectivity index (χ4v) is 3.91. The zero-order valence-corrected chi connectivity index (χ0v) is 19.8. The van der Waals surface area contributed by atoms with Crippen LogP contribution in [0, 0.1) is 0 Å². The number of ether oxygens (including phenoxy) is 2. The smallest absolute Gasteiger partial charge is 0.411 e. The maximum Gasteiger partial charge on any atom is 0.411 e. The number of esters is 1. The molecule has 31 heavy (non-hydrogen) atoms. The maximum atomic E-state index is 12.7. The lowest BCUT2D eigenvalue weighted by atomic mass is 9.96. The molecule has 0 aromatic carbocycles.